The number of ether oxygens (including phenoxy) is 1. The van der Waals surface area contributed by atoms with E-state index in [2.05, 4.69) is 20.5 Å². The maximum absolute atomic E-state index is 5.86. The summed E-state index contributed by atoms with van der Waals surface area (Å²) in [5, 5.41) is 11.0. The molecule has 0 spiro atoms. The fourth-order valence-corrected chi connectivity index (χ4v) is 3.35. The van der Waals surface area contributed by atoms with E-state index in [0.717, 1.165) is 33.9 Å². The van der Waals surface area contributed by atoms with Gasteiger partial charge in [0.1, 0.15) is 11.5 Å². The summed E-state index contributed by atoms with van der Waals surface area (Å²) in [5.74, 6) is 2.91. The molecule has 0 saturated heterocycles. The van der Waals surface area contributed by atoms with Crippen molar-refractivity contribution in [3.8, 4) is 34.3 Å². The van der Waals surface area contributed by atoms with Gasteiger partial charge in [-0.15, -0.1) is 0 Å². The molecule has 0 unspecified atom stereocenters. The van der Waals surface area contributed by atoms with Crippen LogP contribution in [0.1, 0.15) is 5.56 Å². The molecule has 0 radical (unpaired) electrons. The van der Waals surface area contributed by atoms with Crippen LogP contribution in [-0.4, -0.2) is 20.2 Å². The molecule has 2 heterocycles. The van der Waals surface area contributed by atoms with Crippen molar-refractivity contribution in [3.63, 3.8) is 0 Å². The molecule has 0 saturated carbocycles. The molecule has 0 aliphatic heterocycles. The number of para-hydroxylation sites is 2. The van der Waals surface area contributed by atoms with Crippen molar-refractivity contribution in [2.75, 3.05) is 5.32 Å². The van der Waals surface area contributed by atoms with Crippen LogP contribution in [0, 0.1) is 0 Å². The quantitative estimate of drug-likeness (QED) is 0.341. The number of hydrogen-bond acceptors (Lipinski definition) is 5. The molecule has 156 valence electrons. The number of aromatic amines is 1. The molecular weight excluding hydrogens is 398 g/mol. The third-order valence-corrected chi connectivity index (χ3v) is 4.99. The minimum absolute atomic E-state index is 0.634. The molecule has 2 aromatic heterocycles. The molecule has 0 atom stereocenters. The molecule has 0 bridgehead atoms. The van der Waals surface area contributed by atoms with Crippen molar-refractivity contribution in [1.29, 1.82) is 0 Å². The Morgan fingerprint density at radius 1 is 0.750 bits per heavy atom. The smallest absolute Gasteiger partial charge is 0.181 e. The number of nitrogens with one attached hydrogen (secondary N) is 2. The van der Waals surface area contributed by atoms with Crippen LogP contribution in [0.3, 0.4) is 0 Å². The second-order valence-corrected chi connectivity index (χ2v) is 7.20. The Labute approximate surface area is 186 Å². The highest BCUT2D eigenvalue weighted by atomic mass is 16.5. The second-order valence-electron chi connectivity index (χ2n) is 7.20. The number of anilines is 1. The van der Waals surface area contributed by atoms with Crippen LogP contribution in [0.2, 0.25) is 0 Å². The summed E-state index contributed by atoms with van der Waals surface area (Å²) in [6.07, 6.45) is 3.59. The van der Waals surface area contributed by atoms with E-state index in [4.69, 9.17) is 9.72 Å². The first-order valence-corrected chi connectivity index (χ1v) is 10.3. The molecule has 0 amide bonds. The summed E-state index contributed by atoms with van der Waals surface area (Å²) >= 11 is 0. The maximum Gasteiger partial charge on any atom is 0.181 e. The third kappa shape index (κ3) is 4.49. The van der Waals surface area contributed by atoms with Crippen LogP contribution in [0.15, 0.2) is 103 Å². The summed E-state index contributed by atoms with van der Waals surface area (Å²) in [5.41, 5.74) is 4.02. The zero-order chi connectivity index (χ0) is 21.6. The van der Waals surface area contributed by atoms with Crippen molar-refractivity contribution in [1.82, 2.24) is 20.2 Å². The van der Waals surface area contributed by atoms with Crippen LogP contribution in [0.25, 0.3) is 22.8 Å². The Morgan fingerprint density at radius 2 is 1.47 bits per heavy atom. The lowest BCUT2D eigenvalue weighted by Crippen LogP contribution is -2.01. The normalized spacial score (nSPS) is 10.6. The molecule has 5 aromatic rings. The summed E-state index contributed by atoms with van der Waals surface area (Å²) in [4.78, 5) is 8.79. The molecule has 6 heteroatoms. The van der Waals surface area contributed by atoms with Crippen molar-refractivity contribution in [2.24, 2.45) is 0 Å². The van der Waals surface area contributed by atoms with Gasteiger partial charge in [-0.2, -0.15) is 5.10 Å². The van der Waals surface area contributed by atoms with E-state index >= 15 is 0 Å². The Balaban J connectivity index is 1.33. The van der Waals surface area contributed by atoms with Crippen molar-refractivity contribution >= 4 is 5.69 Å². The Bertz CT molecular complexity index is 1280. The van der Waals surface area contributed by atoms with E-state index in [1.807, 2.05) is 91.0 Å². The first-order chi connectivity index (χ1) is 15.8. The number of aromatic nitrogens is 4. The number of rotatable bonds is 7. The van der Waals surface area contributed by atoms with Gasteiger partial charge in [0.25, 0.3) is 0 Å². The van der Waals surface area contributed by atoms with Crippen LogP contribution in [0.4, 0.5) is 5.69 Å². The number of hydrogen-bond donors (Lipinski definition) is 2. The van der Waals surface area contributed by atoms with Gasteiger partial charge < -0.3 is 10.1 Å². The molecular formula is C26H21N5O. The van der Waals surface area contributed by atoms with E-state index < -0.39 is 0 Å². The van der Waals surface area contributed by atoms with Crippen LogP contribution >= 0.6 is 0 Å². The zero-order valence-corrected chi connectivity index (χ0v) is 17.3. The van der Waals surface area contributed by atoms with E-state index in [1.165, 1.54) is 0 Å². The molecule has 32 heavy (non-hydrogen) atoms. The molecule has 3 aromatic carbocycles. The largest absolute Gasteiger partial charge is 0.457 e. The van der Waals surface area contributed by atoms with Gasteiger partial charge in [0.15, 0.2) is 11.6 Å². The van der Waals surface area contributed by atoms with E-state index in [1.54, 1.807) is 12.4 Å². The third-order valence-electron chi connectivity index (χ3n) is 4.99. The average molecular weight is 419 g/mol. The van der Waals surface area contributed by atoms with Crippen molar-refractivity contribution in [3.05, 3.63) is 109 Å². The lowest BCUT2D eigenvalue weighted by molar-refractivity contribution is 0.483. The zero-order valence-electron chi connectivity index (χ0n) is 17.3. The topological polar surface area (TPSA) is 75.7 Å². The lowest BCUT2D eigenvalue weighted by atomic mass is 10.1. The maximum atomic E-state index is 5.86. The van der Waals surface area contributed by atoms with Gasteiger partial charge in [0, 0.05) is 35.8 Å². The van der Waals surface area contributed by atoms with Gasteiger partial charge in [-0.1, -0.05) is 30.3 Å². The Hall–Kier alpha value is -4.45. The molecule has 0 aliphatic carbocycles. The molecule has 0 aliphatic rings. The summed E-state index contributed by atoms with van der Waals surface area (Å²) in [6, 6.07) is 29.5. The Kier molecular flexibility index (Phi) is 5.57. The first kappa shape index (κ1) is 19.5. The Morgan fingerprint density at radius 3 is 2.28 bits per heavy atom. The predicted octanol–water partition coefficient (Wildman–Crippen LogP) is 5.94. The van der Waals surface area contributed by atoms with E-state index in [-0.39, 0.29) is 0 Å². The fourth-order valence-electron chi connectivity index (χ4n) is 3.35. The lowest BCUT2D eigenvalue weighted by Gasteiger charge is -2.10. The van der Waals surface area contributed by atoms with Crippen LogP contribution in [-0.2, 0) is 6.54 Å². The summed E-state index contributed by atoms with van der Waals surface area (Å²) < 4.78 is 5.86. The SMILES string of the molecule is c1ccc(Oc2ccc(-c3n[nH]c(-c4ccccc4NCc4ccncc4)n3)cc2)cc1. The summed E-state index contributed by atoms with van der Waals surface area (Å²) in [7, 11) is 0. The van der Waals surface area contributed by atoms with Gasteiger partial charge >= 0.3 is 0 Å². The van der Waals surface area contributed by atoms with Gasteiger partial charge in [-0.25, -0.2) is 4.98 Å². The average Bonchev–Trinajstić information content (AvgIpc) is 3.35. The predicted molar refractivity (Wildman–Crippen MR) is 125 cm³/mol. The van der Waals surface area contributed by atoms with E-state index in [0.29, 0.717) is 18.2 Å². The number of nitrogens with zero attached hydrogens (tertiary/aromatic N) is 3. The second kappa shape index (κ2) is 9.14. The van der Waals surface area contributed by atoms with Crippen LogP contribution < -0.4 is 10.1 Å². The van der Waals surface area contributed by atoms with Gasteiger partial charge in [0.2, 0.25) is 0 Å². The highest BCUT2D eigenvalue weighted by Crippen LogP contribution is 2.28. The van der Waals surface area contributed by atoms with Gasteiger partial charge in [0.05, 0.1) is 0 Å². The summed E-state index contributed by atoms with van der Waals surface area (Å²) in [6.45, 7) is 0.698. The van der Waals surface area contributed by atoms with Gasteiger partial charge in [-0.3, -0.25) is 10.1 Å². The number of H-pyrrole nitrogens is 1. The fraction of sp³-hybridized carbons (Fsp3) is 0.0385. The monoisotopic (exact) mass is 419 g/mol. The first-order valence-electron chi connectivity index (χ1n) is 10.3. The highest BCUT2D eigenvalue weighted by molar-refractivity contribution is 5.74. The highest BCUT2D eigenvalue weighted by Gasteiger charge is 2.11. The van der Waals surface area contributed by atoms with Crippen molar-refractivity contribution in [2.45, 2.75) is 6.54 Å². The molecule has 0 fully saturated rings. The standard InChI is InChI=1S/C26H21N5O/c1-2-6-21(7-3-1)32-22-12-10-20(11-13-22)25-29-26(31-30-25)23-8-4-5-9-24(23)28-18-19-14-16-27-17-15-19/h1-17,28H,18H2,(H,29,30,31). The molecule has 2 N–H and O–H groups in total. The number of pyridine rings is 1. The molecule has 5 rings (SSSR count). The number of benzene rings is 3. The van der Waals surface area contributed by atoms with Crippen LogP contribution in [0.5, 0.6) is 11.5 Å². The van der Waals surface area contributed by atoms with Crippen molar-refractivity contribution < 1.29 is 4.74 Å². The van der Waals surface area contributed by atoms with E-state index in [9.17, 15) is 0 Å². The minimum Gasteiger partial charge on any atom is -0.457 e. The van der Waals surface area contributed by atoms with Gasteiger partial charge in [-0.05, 0) is 66.2 Å². The minimum atomic E-state index is 0.634. The molecule has 6 nitrogen and oxygen atoms in total.